The van der Waals surface area contributed by atoms with Gasteiger partial charge in [0.1, 0.15) is 0 Å². The summed E-state index contributed by atoms with van der Waals surface area (Å²) in [6, 6.07) is 0. The minimum Gasteiger partial charge on any atom is -0.469 e. The molecule has 6 heteroatoms. The Morgan fingerprint density at radius 3 is 2.30 bits per heavy atom. The lowest BCUT2D eigenvalue weighted by molar-refractivity contribution is -0.231. The zero-order valence-electron chi connectivity index (χ0n) is 28.5. The molecule has 0 aromatic carbocycles. The Balaban J connectivity index is 1.42. The monoisotopic (exact) mass is 599 g/mol. The van der Waals surface area contributed by atoms with Gasteiger partial charge in [-0.25, -0.2) is 0 Å². The first-order chi connectivity index (χ1) is 20.0. The minimum atomic E-state index is -0.681. The predicted molar refractivity (Wildman–Crippen MR) is 170 cm³/mol. The number of carbonyl (C=O) groups excluding carboxylic acids is 2. The van der Waals surface area contributed by atoms with Crippen molar-refractivity contribution >= 4 is 11.9 Å². The molecule has 5 aliphatic rings. The van der Waals surface area contributed by atoms with Crippen LogP contribution < -0.4 is 5.32 Å². The number of unbranched alkanes of at least 4 members (excludes halogenated alkanes) is 2. The average molecular weight is 600 g/mol. The number of carbonyl (C=O) groups is 2. The number of esters is 1. The lowest BCUT2D eigenvalue weighted by atomic mass is 9.33. The molecule has 0 heterocycles. The molecule has 3 N–H and O–H groups in total. The first kappa shape index (κ1) is 33.0. The lowest BCUT2D eigenvalue weighted by Crippen LogP contribution is -2.67. The van der Waals surface area contributed by atoms with Gasteiger partial charge in [-0.2, -0.15) is 0 Å². The van der Waals surface area contributed by atoms with Gasteiger partial charge in [-0.05, 0) is 115 Å². The first-order valence-corrected chi connectivity index (χ1v) is 17.4. The third-order valence-corrected chi connectivity index (χ3v) is 14.6. The van der Waals surface area contributed by atoms with E-state index in [0.717, 1.165) is 70.6 Å². The van der Waals surface area contributed by atoms with Crippen molar-refractivity contribution in [1.29, 1.82) is 0 Å². The fourth-order valence-electron chi connectivity index (χ4n) is 11.8. The van der Waals surface area contributed by atoms with Crippen LogP contribution in [-0.4, -0.2) is 48.0 Å². The second-order valence-corrected chi connectivity index (χ2v) is 17.6. The highest BCUT2D eigenvalue weighted by Gasteiger charge is 2.69. The number of amides is 1. The minimum absolute atomic E-state index is 0.0187. The van der Waals surface area contributed by atoms with Gasteiger partial charge < -0.3 is 20.3 Å². The van der Waals surface area contributed by atoms with Crippen LogP contribution in [0.15, 0.2) is 11.6 Å². The normalized spacial score (nSPS) is 44.5. The molecule has 0 aromatic rings. The Morgan fingerprint density at radius 2 is 1.60 bits per heavy atom. The first-order valence-electron chi connectivity index (χ1n) is 17.4. The van der Waals surface area contributed by atoms with E-state index in [1.165, 1.54) is 7.11 Å². The van der Waals surface area contributed by atoms with Crippen LogP contribution in [0.3, 0.4) is 0 Å². The number of ether oxygens (including phenoxy) is 1. The summed E-state index contributed by atoms with van der Waals surface area (Å²) in [6.45, 7) is 17.3. The van der Waals surface area contributed by atoms with Gasteiger partial charge in [0.25, 0.3) is 0 Å². The molecule has 0 saturated heterocycles. The van der Waals surface area contributed by atoms with E-state index >= 15 is 0 Å². The topological polar surface area (TPSA) is 95.9 Å². The van der Waals surface area contributed by atoms with Gasteiger partial charge in [-0.15, -0.1) is 0 Å². The molecule has 0 spiro atoms. The van der Waals surface area contributed by atoms with Gasteiger partial charge in [0.2, 0.25) is 5.91 Å². The maximum absolute atomic E-state index is 14.2. The van der Waals surface area contributed by atoms with Crippen molar-refractivity contribution in [1.82, 2.24) is 5.32 Å². The predicted octanol–water partition coefficient (Wildman–Crippen LogP) is 6.97. The standard InChI is InChI=1S/C37H61NO5/c1-32(2)17-19-37(31(42)38-21-11-9-10-12-29(40)43-8)20-18-35(6)24(25(37)22-32)13-14-28-34(5)23-26(39)30(41)33(3,4)27(34)15-16-36(28,35)7/h13,25-28,30,39,41H,9-12,14-23H2,1-8H3,(H,38,42)/t25-,26+,27-,28+,30-,34-,35+,36+,37-/m0/s1. The second-order valence-electron chi connectivity index (χ2n) is 17.6. The number of fused-ring (bicyclic) bond motifs is 7. The van der Waals surface area contributed by atoms with Crippen LogP contribution in [0.4, 0.5) is 0 Å². The fourth-order valence-corrected chi connectivity index (χ4v) is 11.8. The van der Waals surface area contributed by atoms with Gasteiger partial charge in [0.05, 0.1) is 24.7 Å². The summed E-state index contributed by atoms with van der Waals surface area (Å²) in [6.07, 6.45) is 13.2. The molecule has 0 aromatic heterocycles. The lowest BCUT2D eigenvalue weighted by Gasteiger charge is -2.71. The van der Waals surface area contributed by atoms with Crippen LogP contribution >= 0.6 is 0 Å². The molecule has 0 unspecified atom stereocenters. The van der Waals surface area contributed by atoms with E-state index in [0.29, 0.717) is 31.2 Å². The van der Waals surface area contributed by atoms with Crippen LogP contribution in [0, 0.1) is 50.2 Å². The van der Waals surface area contributed by atoms with E-state index < -0.39 is 12.2 Å². The molecule has 4 fully saturated rings. The van der Waals surface area contributed by atoms with E-state index in [4.69, 9.17) is 4.74 Å². The van der Waals surface area contributed by atoms with Crippen LogP contribution in [0.1, 0.15) is 132 Å². The third kappa shape index (κ3) is 5.04. The highest BCUT2D eigenvalue weighted by Crippen LogP contribution is 2.75. The van der Waals surface area contributed by atoms with Crippen LogP contribution in [0.5, 0.6) is 0 Å². The molecule has 4 saturated carbocycles. The van der Waals surface area contributed by atoms with Crippen molar-refractivity contribution in [2.75, 3.05) is 13.7 Å². The smallest absolute Gasteiger partial charge is 0.305 e. The van der Waals surface area contributed by atoms with E-state index in [1.807, 2.05) is 0 Å². The highest BCUT2D eigenvalue weighted by molar-refractivity contribution is 5.84. The Bertz CT molecular complexity index is 1130. The molecule has 5 aliphatic carbocycles. The molecule has 9 atom stereocenters. The molecule has 43 heavy (non-hydrogen) atoms. The van der Waals surface area contributed by atoms with E-state index in [-0.39, 0.29) is 50.3 Å². The zero-order valence-corrected chi connectivity index (χ0v) is 28.5. The molecular weight excluding hydrogens is 538 g/mol. The molecule has 0 radical (unpaired) electrons. The number of aliphatic hydroxyl groups is 2. The third-order valence-electron chi connectivity index (χ3n) is 14.6. The quantitative estimate of drug-likeness (QED) is 0.167. The molecular formula is C37H61NO5. The molecule has 6 nitrogen and oxygen atoms in total. The number of hydrogen-bond donors (Lipinski definition) is 3. The van der Waals surface area contributed by atoms with E-state index in [9.17, 15) is 19.8 Å². The van der Waals surface area contributed by atoms with Crippen LogP contribution in [0.25, 0.3) is 0 Å². The van der Waals surface area contributed by atoms with Gasteiger partial charge >= 0.3 is 5.97 Å². The Labute approximate surface area is 261 Å². The maximum atomic E-state index is 14.2. The Morgan fingerprint density at radius 1 is 0.907 bits per heavy atom. The summed E-state index contributed by atoms with van der Waals surface area (Å²) < 4.78 is 4.76. The van der Waals surface area contributed by atoms with E-state index in [1.54, 1.807) is 5.57 Å². The average Bonchev–Trinajstić information content (AvgIpc) is 2.93. The molecule has 1 amide bonds. The van der Waals surface area contributed by atoms with Crippen molar-refractivity contribution in [3.8, 4) is 0 Å². The summed E-state index contributed by atoms with van der Waals surface area (Å²) in [5.41, 5.74) is 1.17. The Kier molecular flexibility index (Phi) is 8.54. The maximum Gasteiger partial charge on any atom is 0.305 e. The molecule has 244 valence electrons. The second kappa shape index (κ2) is 11.1. The fraction of sp³-hybridized carbons (Fsp3) is 0.892. The number of methoxy groups -OCH3 is 1. The van der Waals surface area contributed by atoms with Gasteiger partial charge in [-0.1, -0.05) is 66.5 Å². The highest BCUT2D eigenvalue weighted by atomic mass is 16.5. The number of allylic oxidation sites excluding steroid dienone is 2. The summed E-state index contributed by atoms with van der Waals surface area (Å²) in [5.74, 6) is 1.16. The summed E-state index contributed by atoms with van der Waals surface area (Å²) in [4.78, 5) is 25.7. The zero-order chi connectivity index (χ0) is 31.6. The molecule has 0 bridgehead atoms. The Hall–Kier alpha value is -1.40. The molecule has 0 aliphatic heterocycles. The van der Waals surface area contributed by atoms with E-state index in [2.05, 4.69) is 59.9 Å². The van der Waals surface area contributed by atoms with Crippen LogP contribution in [-0.2, 0) is 14.3 Å². The molecule has 5 rings (SSSR count). The largest absolute Gasteiger partial charge is 0.469 e. The number of rotatable bonds is 7. The van der Waals surface area contributed by atoms with Gasteiger partial charge in [0, 0.05) is 13.0 Å². The van der Waals surface area contributed by atoms with Crippen molar-refractivity contribution in [3.05, 3.63) is 11.6 Å². The number of hydrogen-bond acceptors (Lipinski definition) is 5. The SMILES string of the molecule is COC(=O)CCCCCNC(=O)[C@]12CCC(C)(C)C[C@H]1C1=CC[C@@H]3[C@@]4(C)C[C@@H](O)[C@H](O)C(C)(C)[C@@H]4CC[C@@]3(C)[C@]1(C)CC2. The number of nitrogens with one attached hydrogen (secondary N) is 1. The van der Waals surface area contributed by atoms with Crippen molar-refractivity contribution in [2.45, 2.75) is 144 Å². The van der Waals surface area contributed by atoms with Crippen LogP contribution in [0.2, 0.25) is 0 Å². The van der Waals surface area contributed by atoms with Gasteiger partial charge in [-0.3, -0.25) is 9.59 Å². The van der Waals surface area contributed by atoms with Crippen molar-refractivity contribution < 1.29 is 24.5 Å². The van der Waals surface area contributed by atoms with Gasteiger partial charge in [0.15, 0.2) is 0 Å². The summed E-state index contributed by atoms with van der Waals surface area (Å²) in [5, 5.41) is 25.5. The summed E-state index contributed by atoms with van der Waals surface area (Å²) >= 11 is 0. The number of aliphatic hydroxyl groups excluding tert-OH is 2. The summed E-state index contributed by atoms with van der Waals surface area (Å²) in [7, 11) is 1.43. The van der Waals surface area contributed by atoms with Crippen molar-refractivity contribution in [3.63, 3.8) is 0 Å². The van der Waals surface area contributed by atoms with Crippen molar-refractivity contribution in [2.24, 2.45) is 50.2 Å².